The van der Waals surface area contributed by atoms with Crippen molar-refractivity contribution in [3.8, 4) is 5.75 Å². The molecule has 0 heterocycles. The van der Waals surface area contributed by atoms with E-state index in [2.05, 4.69) is 15.9 Å². The zero-order valence-corrected chi connectivity index (χ0v) is 14.7. The van der Waals surface area contributed by atoms with Gasteiger partial charge in [0.1, 0.15) is 18.2 Å². The SMILES string of the molecule is O=C(O)CC1CCc2cc(OCc3ccccc3)c(Br)c(F)c2C1. The van der Waals surface area contributed by atoms with Gasteiger partial charge in [-0.25, -0.2) is 4.39 Å². The lowest BCUT2D eigenvalue weighted by atomic mass is 9.82. The lowest BCUT2D eigenvalue weighted by Crippen LogP contribution is -2.19. The summed E-state index contributed by atoms with van der Waals surface area (Å²) < 4.78 is 20.8. The number of carboxylic acids is 1. The molecule has 0 saturated heterocycles. The monoisotopic (exact) mass is 392 g/mol. The van der Waals surface area contributed by atoms with Gasteiger partial charge in [0.25, 0.3) is 0 Å². The molecule has 24 heavy (non-hydrogen) atoms. The first kappa shape index (κ1) is 17.0. The molecule has 0 amide bonds. The van der Waals surface area contributed by atoms with Crippen LogP contribution in [0.4, 0.5) is 4.39 Å². The van der Waals surface area contributed by atoms with Gasteiger partial charge in [0.2, 0.25) is 0 Å². The summed E-state index contributed by atoms with van der Waals surface area (Å²) in [4.78, 5) is 10.9. The van der Waals surface area contributed by atoms with Gasteiger partial charge < -0.3 is 9.84 Å². The first-order valence-corrected chi connectivity index (χ1v) is 8.72. The molecule has 1 atom stereocenters. The van der Waals surface area contributed by atoms with Crippen LogP contribution in [-0.4, -0.2) is 11.1 Å². The Morgan fingerprint density at radius 1 is 1.33 bits per heavy atom. The highest BCUT2D eigenvalue weighted by atomic mass is 79.9. The molecule has 1 unspecified atom stereocenters. The van der Waals surface area contributed by atoms with Gasteiger partial charge in [-0.1, -0.05) is 30.3 Å². The third-order valence-electron chi connectivity index (χ3n) is 4.38. The minimum Gasteiger partial charge on any atom is -0.488 e. The Hall–Kier alpha value is -1.88. The van der Waals surface area contributed by atoms with Crippen molar-refractivity contribution in [2.45, 2.75) is 32.3 Å². The molecule has 1 aliphatic rings. The number of carboxylic acid groups (broad SMARTS) is 1. The van der Waals surface area contributed by atoms with Crippen LogP contribution in [-0.2, 0) is 24.2 Å². The Kier molecular flexibility index (Phi) is 5.19. The number of aliphatic carboxylic acids is 1. The minimum atomic E-state index is -0.828. The van der Waals surface area contributed by atoms with Gasteiger partial charge in [-0.15, -0.1) is 0 Å². The lowest BCUT2D eigenvalue weighted by Gasteiger charge is -2.25. The molecule has 3 rings (SSSR count). The summed E-state index contributed by atoms with van der Waals surface area (Å²) in [5.41, 5.74) is 2.55. The Balaban J connectivity index is 1.79. The van der Waals surface area contributed by atoms with Crippen molar-refractivity contribution in [1.29, 1.82) is 0 Å². The number of hydrogen-bond acceptors (Lipinski definition) is 2. The maximum absolute atomic E-state index is 14.7. The van der Waals surface area contributed by atoms with Crippen molar-refractivity contribution in [2.24, 2.45) is 5.92 Å². The average molecular weight is 393 g/mol. The number of ether oxygens (including phenoxy) is 1. The molecular formula is C19H18BrFO3. The fourth-order valence-electron chi connectivity index (χ4n) is 3.15. The normalized spacial score (nSPS) is 16.5. The van der Waals surface area contributed by atoms with Crippen LogP contribution in [0.5, 0.6) is 5.75 Å². The summed E-state index contributed by atoms with van der Waals surface area (Å²) in [6, 6.07) is 11.6. The van der Waals surface area contributed by atoms with Crippen LogP contribution >= 0.6 is 15.9 Å². The molecule has 5 heteroatoms. The first-order valence-electron chi connectivity index (χ1n) is 7.93. The molecule has 0 spiro atoms. The first-order chi connectivity index (χ1) is 11.5. The highest BCUT2D eigenvalue weighted by molar-refractivity contribution is 9.10. The zero-order chi connectivity index (χ0) is 17.1. The lowest BCUT2D eigenvalue weighted by molar-refractivity contribution is -0.138. The standard InChI is InChI=1S/C19H18BrFO3/c20-18-16(24-11-12-4-2-1-3-5-12)10-14-7-6-13(9-17(22)23)8-15(14)19(18)21/h1-5,10,13H,6-9,11H2,(H,22,23). The molecule has 0 bridgehead atoms. The molecule has 0 aliphatic heterocycles. The minimum absolute atomic E-state index is 0.00696. The maximum Gasteiger partial charge on any atom is 0.303 e. The molecule has 0 saturated carbocycles. The van der Waals surface area contributed by atoms with Gasteiger partial charge in [0, 0.05) is 6.42 Å². The predicted octanol–water partition coefficient (Wildman–Crippen LogP) is 4.75. The van der Waals surface area contributed by atoms with Gasteiger partial charge in [0.05, 0.1) is 4.47 Å². The van der Waals surface area contributed by atoms with Crippen LogP contribution in [0.25, 0.3) is 0 Å². The molecule has 1 aliphatic carbocycles. The molecular weight excluding hydrogens is 375 g/mol. The summed E-state index contributed by atoms with van der Waals surface area (Å²) >= 11 is 3.29. The highest BCUT2D eigenvalue weighted by Crippen LogP contribution is 2.38. The Bertz CT molecular complexity index is 746. The van der Waals surface area contributed by atoms with Crippen molar-refractivity contribution in [3.63, 3.8) is 0 Å². The Morgan fingerprint density at radius 3 is 2.79 bits per heavy atom. The maximum atomic E-state index is 14.7. The largest absolute Gasteiger partial charge is 0.488 e. The van der Waals surface area contributed by atoms with Crippen molar-refractivity contribution in [1.82, 2.24) is 0 Å². The van der Waals surface area contributed by atoms with Gasteiger partial charge in [-0.05, 0) is 63.9 Å². The van der Waals surface area contributed by atoms with E-state index in [9.17, 15) is 9.18 Å². The van der Waals surface area contributed by atoms with Crippen LogP contribution in [0.15, 0.2) is 40.9 Å². The third-order valence-corrected chi connectivity index (χ3v) is 5.12. The van der Waals surface area contributed by atoms with E-state index in [4.69, 9.17) is 9.84 Å². The van der Waals surface area contributed by atoms with E-state index in [1.807, 2.05) is 36.4 Å². The number of fused-ring (bicyclic) bond motifs is 1. The number of carbonyl (C=O) groups is 1. The molecule has 126 valence electrons. The van der Waals surface area contributed by atoms with Crippen molar-refractivity contribution in [2.75, 3.05) is 0 Å². The number of hydrogen-bond donors (Lipinski definition) is 1. The topological polar surface area (TPSA) is 46.5 Å². The van der Waals surface area contributed by atoms with Gasteiger partial charge in [0.15, 0.2) is 0 Å². The molecule has 0 radical (unpaired) electrons. The van der Waals surface area contributed by atoms with E-state index in [1.54, 1.807) is 0 Å². The second-order valence-corrected chi connectivity index (χ2v) is 6.91. The van der Waals surface area contributed by atoms with Crippen molar-refractivity contribution < 1.29 is 19.0 Å². The van der Waals surface area contributed by atoms with E-state index < -0.39 is 5.97 Å². The number of halogens is 2. The molecule has 1 N–H and O–H groups in total. The molecule has 3 nitrogen and oxygen atoms in total. The van der Waals surface area contributed by atoms with Crippen LogP contribution < -0.4 is 4.74 Å². The van der Waals surface area contributed by atoms with Crippen molar-refractivity contribution >= 4 is 21.9 Å². The van der Waals surface area contributed by atoms with Gasteiger partial charge >= 0.3 is 5.97 Å². The fraction of sp³-hybridized carbons (Fsp3) is 0.316. The molecule has 2 aromatic carbocycles. The van der Waals surface area contributed by atoms with E-state index in [0.717, 1.165) is 17.5 Å². The molecule has 0 aromatic heterocycles. The summed E-state index contributed by atoms with van der Waals surface area (Å²) in [6.45, 7) is 0.374. The van der Waals surface area contributed by atoms with Crippen LogP contribution in [0, 0.1) is 11.7 Å². The molecule has 0 fully saturated rings. The van der Waals surface area contributed by atoms with E-state index in [0.29, 0.717) is 35.2 Å². The zero-order valence-electron chi connectivity index (χ0n) is 13.1. The predicted molar refractivity (Wildman–Crippen MR) is 92.6 cm³/mol. The van der Waals surface area contributed by atoms with E-state index >= 15 is 0 Å². The van der Waals surface area contributed by atoms with Crippen LogP contribution in [0.3, 0.4) is 0 Å². The number of aryl methyl sites for hydroxylation is 1. The summed E-state index contributed by atoms with van der Waals surface area (Å²) in [6.07, 6.45) is 1.99. The quantitative estimate of drug-likeness (QED) is 0.798. The number of benzene rings is 2. The summed E-state index contributed by atoms with van der Waals surface area (Å²) in [5, 5.41) is 8.94. The van der Waals surface area contributed by atoms with Crippen molar-refractivity contribution in [3.05, 3.63) is 63.4 Å². The van der Waals surface area contributed by atoms with E-state index in [1.165, 1.54) is 0 Å². The highest BCUT2D eigenvalue weighted by Gasteiger charge is 2.26. The van der Waals surface area contributed by atoms with Crippen LogP contribution in [0.2, 0.25) is 0 Å². The second-order valence-electron chi connectivity index (χ2n) is 6.12. The number of rotatable bonds is 5. The summed E-state index contributed by atoms with van der Waals surface area (Å²) in [5.74, 6) is -0.671. The van der Waals surface area contributed by atoms with Crippen LogP contribution in [0.1, 0.15) is 29.5 Å². The third kappa shape index (κ3) is 3.78. The Labute approximate surface area is 148 Å². The van der Waals surface area contributed by atoms with Gasteiger partial charge in [-0.3, -0.25) is 4.79 Å². The Morgan fingerprint density at radius 2 is 2.08 bits per heavy atom. The average Bonchev–Trinajstić information content (AvgIpc) is 2.58. The molecule has 2 aromatic rings. The smallest absolute Gasteiger partial charge is 0.303 e. The second kappa shape index (κ2) is 7.34. The fourth-order valence-corrected chi connectivity index (χ4v) is 3.61. The van der Waals surface area contributed by atoms with E-state index in [-0.39, 0.29) is 18.2 Å². The summed E-state index contributed by atoms with van der Waals surface area (Å²) in [7, 11) is 0. The van der Waals surface area contributed by atoms with Gasteiger partial charge in [-0.2, -0.15) is 0 Å².